The highest BCUT2D eigenvalue weighted by Crippen LogP contribution is 2.38. The molecule has 0 bridgehead atoms. The van der Waals surface area contributed by atoms with E-state index in [2.05, 4.69) is 5.32 Å². The van der Waals surface area contributed by atoms with Gasteiger partial charge >= 0.3 is 0 Å². The van der Waals surface area contributed by atoms with E-state index in [9.17, 15) is 9.18 Å². The third-order valence-electron chi connectivity index (χ3n) is 3.95. The van der Waals surface area contributed by atoms with Gasteiger partial charge in [0, 0.05) is 17.8 Å². The highest BCUT2D eigenvalue weighted by atomic mass is 35.5. The van der Waals surface area contributed by atoms with E-state index in [0.29, 0.717) is 17.8 Å². The summed E-state index contributed by atoms with van der Waals surface area (Å²) in [6.45, 7) is 2.02. The number of carbonyl (C=O) groups excluding carboxylic acids is 1. The molecule has 0 radical (unpaired) electrons. The van der Waals surface area contributed by atoms with Crippen LogP contribution in [0.15, 0.2) is 18.2 Å². The molecule has 0 saturated heterocycles. The topological polar surface area (TPSA) is 55.1 Å². The first-order valence-corrected chi connectivity index (χ1v) is 6.36. The van der Waals surface area contributed by atoms with Crippen LogP contribution in [0.25, 0.3) is 0 Å². The van der Waals surface area contributed by atoms with Gasteiger partial charge < -0.3 is 11.1 Å². The highest BCUT2D eigenvalue weighted by molar-refractivity contribution is 5.96. The quantitative estimate of drug-likeness (QED) is 0.897. The predicted molar refractivity (Wildman–Crippen MR) is 77.0 cm³/mol. The van der Waals surface area contributed by atoms with Crippen LogP contribution in [-0.4, -0.2) is 12.5 Å². The van der Waals surface area contributed by atoms with Gasteiger partial charge in [0.25, 0.3) is 0 Å². The van der Waals surface area contributed by atoms with E-state index < -0.39 is 5.41 Å². The Morgan fingerprint density at radius 3 is 2.63 bits per heavy atom. The van der Waals surface area contributed by atoms with Crippen molar-refractivity contribution >= 4 is 24.0 Å². The molecule has 19 heavy (non-hydrogen) atoms. The third-order valence-corrected chi connectivity index (χ3v) is 3.95. The molecule has 1 aromatic rings. The van der Waals surface area contributed by atoms with Crippen molar-refractivity contribution in [3.05, 3.63) is 29.6 Å². The smallest absolute Gasteiger partial charge is 0.231 e. The number of amides is 1. The minimum atomic E-state index is -0.460. The fourth-order valence-electron chi connectivity index (χ4n) is 2.57. The Kier molecular flexibility index (Phi) is 5.32. The van der Waals surface area contributed by atoms with E-state index in [0.717, 1.165) is 25.7 Å². The van der Waals surface area contributed by atoms with E-state index in [-0.39, 0.29) is 24.1 Å². The van der Waals surface area contributed by atoms with Crippen LogP contribution in [0.4, 0.5) is 10.1 Å². The zero-order valence-electron chi connectivity index (χ0n) is 11.0. The highest BCUT2D eigenvalue weighted by Gasteiger charge is 2.39. The molecule has 0 aliphatic heterocycles. The first kappa shape index (κ1) is 15.9. The number of carbonyl (C=O) groups is 1. The number of rotatable bonds is 3. The van der Waals surface area contributed by atoms with Crippen LogP contribution in [0.3, 0.4) is 0 Å². The average molecular weight is 287 g/mol. The zero-order chi connectivity index (χ0) is 13.2. The molecule has 0 atom stereocenters. The van der Waals surface area contributed by atoms with Gasteiger partial charge in [0.15, 0.2) is 0 Å². The molecule has 1 saturated carbocycles. The van der Waals surface area contributed by atoms with Crippen molar-refractivity contribution in [2.75, 3.05) is 11.9 Å². The van der Waals surface area contributed by atoms with Gasteiger partial charge in [-0.15, -0.1) is 12.4 Å². The van der Waals surface area contributed by atoms with Crippen molar-refractivity contribution in [2.45, 2.75) is 32.6 Å². The maximum absolute atomic E-state index is 13.4. The summed E-state index contributed by atoms with van der Waals surface area (Å²) in [5.41, 5.74) is 6.31. The summed E-state index contributed by atoms with van der Waals surface area (Å²) in [6, 6.07) is 4.70. The minimum absolute atomic E-state index is 0. The van der Waals surface area contributed by atoms with E-state index in [4.69, 9.17) is 5.73 Å². The summed E-state index contributed by atoms with van der Waals surface area (Å²) in [5.74, 6) is -0.378. The van der Waals surface area contributed by atoms with Crippen molar-refractivity contribution in [1.82, 2.24) is 0 Å². The van der Waals surface area contributed by atoms with Crippen molar-refractivity contribution < 1.29 is 9.18 Å². The summed E-state index contributed by atoms with van der Waals surface area (Å²) >= 11 is 0. The van der Waals surface area contributed by atoms with Gasteiger partial charge in [0.1, 0.15) is 5.82 Å². The van der Waals surface area contributed by atoms with Crippen LogP contribution in [0.1, 0.15) is 31.2 Å². The largest absolute Gasteiger partial charge is 0.329 e. The second kappa shape index (κ2) is 6.35. The lowest BCUT2D eigenvalue weighted by molar-refractivity contribution is -0.124. The Morgan fingerprint density at radius 1 is 1.42 bits per heavy atom. The van der Waals surface area contributed by atoms with E-state index in [1.54, 1.807) is 19.1 Å². The Balaban J connectivity index is 0.00000180. The normalized spacial score (nSPS) is 16.8. The van der Waals surface area contributed by atoms with Crippen molar-refractivity contribution in [1.29, 1.82) is 0 Å². The number of nitrogens with one attached hydrogen (secondary N) is 1. The molecule has 3 N–H and O–H groups in total. The Morgan fingerprint density at radius 2 is 2.05 bits per heavy atom. The number of halogens is 2. The maximum Gasteiger partial charge on any atom is 0.231 e. The standard InChI is InChI=1S/C14H19FN2O.ClH/c1-10-11(15)5-4-6-12(10)17-13(18)14(9-16)7-2-3-8-14;/h4-6H,2-3,7-9,16H2,1H3,(H,17,18);1H. The molecule has 1 fully saturated rings. The summed E-state index contributed by atoms with van der Waals surface area (Å²) < 4.78 is 13.4. The van der Waals surface area contributed by atoms with Crippen molar-refractivity contribution in [2.24, 2.45) is 11.1 Å². The lowest BCUT2D eigenvalue weighted by Crippen LogP contribution is -2.40. The SMILES string of the molecule is Cc1c(F)cccc1NC(=O)C1(CN)CCCC1.Cl. The molecule has 0 spiro atoms. The van der Waals surface area contributed by atoms with Crippen LogP contribution in [-0.2, 0) is 4.79 Å². The molecule has 0 unspecified atom stereocenters. The van der Waals surface area contributed by atoms with Crippen molar-refractivity contribution in [3.63, 3.8) is 0 Å². The van der Waals surface area contributed by atoms with Gasteiger partial charge in [-0.25, -0.2) is 4.39 Å². The molecule has 5 heteroatoms. The van der Waals surface area contributed by atoms with Crippen molar-refractivity contribution in [3.8, 4) is 0 Å². The number of benzene rings is 1. The molecular weight excluding hydrogens is 267 g/mol. The van der Waals surface area contributed by atoms with Gasteiger partial charge in [-0.2, -0.15) is 0 Å². The van der Waals surface area contributed by atoms with E-state index in [1.807, 2.05) is 0 Å². The molecule has 0 heterocycles. The van der Waals surface area contributed by atoms with Gasteiger partial charge in [-0.1, -0.05) is 18.9 Å². The lowest BCUT2D eigenvalue weighted by atomic mass is 9.85. The summed E-state index contributed by atoms with van der Waals surface area (Å²) in [6.07, 6.45) is 3.72. The molecule has 0 aromatic heterocycles. The van der Waals surface area contributed by atoms with Crippen LogP contribution < -0.4 is 11.1 Å². The minimum Gasteiger partial charge on any atom is -0.329 e. The van der Waals surface area contributed by atoms with Crippen LogP contribution in [0, 0.1) is 18.2 Å². The van der Waals surface area contributed by atoms with Gasteiger partial charge in [-0.05, 0) is 31.9 Å². The van der Waals surface area contributed by atoms with Crippen LogP contribution >= 0.6 is 12.4 Å². The third kappa shape index (κ3) is 3.07. The molecule has 1 amide bonds. The van der Waals surface area contributed by atoms with Gasteiger partial charge in [-0.3, -0.25) is 4.79 Å². The summed E-state index contributed by atoms with van der Waals surface area (Å²) in [5, 5.41) is 2.83. The number of hydrogen-bond acceptors (Lipinski definition) is 2. The molecular formula is C14H20ClFN2O. The van der Waals surface area contributed by atoms with Crippen LogP contribution in [0.2, 0.25) is 0 Å². The molecule has 1 aliphatic rings. The monoisotopic (exact) mass is 286 g/mol. The molecule has 3 nitrogen and oxygen atoms in total. The first-order chi connectivity index (χ1) is 8.59. The summed E-state index contributed by atoms with van der Waals surface area (Å²) in [7, 11) is 0. The van der Waals surface area contributed by atoms with Crippen LogP contribution in [0.5, 0.6) is 0 Å². The zero-order valence-corrected chi connectivity index (χ0v) is 11.9. The second-order valence-corrected chi connectivity index (χ2v) is 5.06. The number of hydrogen-bond donors (Lipinski definition) is 2. The second-order valence-electron chi connectivity index (χ2n) is 5.06. The molecule has 2 rings (SSSR count). The molecule has 106 valence electrons. The Hall–Kier alpha value is -1.13. The fraction of sp³-hybridized carbons (Fsp3) is 0.500. The van der Waals surface area contributed by atoms with Gasteiger partial charge in [0.05, 0.1) is 5.41 Å². The number of anilines is 1. The van der Waals surface area contributed by atoms with E-state index >= 15 is 0 Å². The van der Waals surface area contributed by atoms with Gasteiger partial charge in [0.2, 0.25) is 5.91 Å². The predicted octanol–water partition coefficient (Wildman–Crippen LogP) is 3.01. The molecule has 1 aromatic carbocycles. The average Bonchev–Trinajstić information content (AvgIpc) is 2.85. The lowest BCUT2D eigenvalue weighted by Gasteiger charge is -2.26. The fourth-order valence-corrected chi connectivity index (χ4v) is 2.57. The number of nitrogens with two attached hydrogens (primary N) is 1. The maximum atomic E-state index is 13.4. The summed E-state index contributed by atoms with van der Waals surface area (Å²) in [4.78, 5) is 12.3. The Labute approximate surface area is 119 Å². The molecule has 1 aliphatic carbocycles. The van der Waals surface area contributed by atoms with E-state index in [1.165, 1.54) is 6.07 Å². The first-order valence-electron chi connectivity index (χ1n) is 6.36. The Bertz CT molecular complexity index is 459.